The maximum absolute atomic E-state index is 14.2. The van der Waals surface area contributed by atoms with Gasteiger partial charge >= 0.3 is 0 Å². The second-order valence-electron chi connectivity index (χ2n) is 5.41. The first-order valence-electron chi connectivity index (χ1n) is 7.15. The fourth-order valence-corrected chi connectivity index (χ4v) is 3.36. The lowest BCUT2D eigenvalue weighted by Gasteiger charge is -2.35. The van der Waals surface area contributed by atoms with Crippen molar-refractivity contribution in [2.45, 2.75) is 19.0 Å². The van der Waals surface area contributed by atoms with Gasteiger partial charge in [0.2, 0.25) is 0 Å². The monoisotopic (exact) mass is 348 g/mol. The molecule has 2 N–H and O–H groups in total. The molecule has 110 valence electrons. The quantitative estimate of drug-likeness (QED) is 0.917. The zero-order chi connectivity index (χ0) is 14.8. The SMILES string of the molecule is NCC(c1ccc(Br)cc1F)N1CCc2ccccc2C1. The van der Waals surface area contributed by atoms with Gasteiger partial charge in [-0.25, -0.2) is 4.39 Å². The summed E-state index contributed by atoms with van der Waals surface area (Å²) in [5.41, 5.74) is 9.33. The van der Waals surface area contributed by atoms with E-state index in [-0.39, 0.29) is 11.9 Å². The van der Waals surface area contributed by atoms with Crippen LogP contribution in [0.15, 0.2) is 46.9 Å². The molecule has 0 aromatic heterocycles. The average molecular weight is 349 g/mol. The van der Waals surface area contributed by atoms with Crippen molar-refractivity contribution in [3.63, 3.8) is 0 Å². The second-order valence-corrected chi connectivity index (χ2v) is 6.32. The van der Waals surface area contributed by atoms with E-state index >= 15 is 0 Å². The van der Waals surface area contributed by atoms with Gasteiger partial charge in [-0.3, -0.25) is 4.90 Å². The van der Waals surface area contributed by atoms with Crippen LogP contribution in [0.2, 0.25) is 0 Å². The van der Waals surface area contributed by atoms with Crippen molar-refractivity contribution in [1.29, 1.82) is 0 Å². The molecule has 0 fully saturated rings. The predicted octanol–water partition coefficient (Wildman–Crippen LogP) is 3.65. The summed E-state index contributed by atoms with van der Waals surface area (Å²) in [6.07, 6.45) is 0.991. The van der Waals surface area contributed by atoms with E-state index in [2.05, 4.69) is 45.1 Å². The lowest BCUT2D eigenvalue weighted by atomic mass is 9.96. The minimum atomic E-state index is -0.196. The summed E-state index contributed by atoms with van der Waals surface area (Å²) in [4.78, 5) is 2.27. The van der Waals surface area contributed by atoms with E-state index in [4.69, 9.17) is 5.73 Å². The summed E-state index contributed by atoms with van der Waals surface area (Å²) in [5, 5.41) is 0. The van der Waals surface area contributed by atoms with Crippen LogP contribution in [0.3, 0.4) is 0 Å². The smallest absolute Gasteiger partial charge is 0.129 e. The van der Waals surface area contributed by atoms with Crippen LogP contribution in [0.1, 0.15) is 22.7 Å². The highest BCUT2D eigenvalue weighted by Crippen LogP contribution is 2.29. The van der Waals surface area contributed by atoms with Gasteiger partial charge in [-0.15, -0.1) is 0 Å². The molecule has 4 heteroatoms. The summed E-state index contributed by atoms with van der Waals surface area (Å²) in [7, 11) is 0. The standard InChI is InChI=1S/C17H18BrFN2/c18-14-5-6-15(16(19)9-14)17(10-20)21-8-7-12-3-1-2-4-13(12)11-21/h1-6,9,17H,7-8,10-11,20H2. The summed E-state index contributed by atoms with van der Waals surface area (Å²) in [6.45, 7) is 2.16. The fraction of sp³-hybridized carbons (Fsp3) is 0.294. The Balaban J connectivity index is 1.88. The largest absolute Gasteiger partial charge is 0.329 e. The first kappa shape index (κ1) is 14.7. The van der Waals surface area contributed by atoms with Crippen molar-refractivity contribution in [2.75, 3.05) is 13.1 Å². The lowest BCUT2D eigenvalue weighted by molar-refractivity contribution is 0.180. The van der Waals surface area contributed by atoms with Gasteiger partial charge in [0, 0.05) is 29.7 Å². The van der Waals surface area contributed by atoms with Crippen LogP contribution in [0.4, 0.5) is 4.39 Å². The molecular formula is C17H18BrFN2. The summed E-state index contributed by atoms with van der Waals surface area (Å²) in [6, 6.07) is 13.6. The van der Waals surface area contributed by atoms with Crippen LogP contribution in [-0.4, -0.2) is 18.0 Å². The molecule has 1 aliphatic heterocycles. The Kier molecular flexibility index (Phi) is 4.38. The van der Waals surface area contributed by atoms with Crippen LogP contribution in [0.5, 0.6) is 0 Å². The van der Waals surface area contributed by atoms with Crippen molar-refractivity contribution in [2.24, 2.45) is 5.73 Å². The summed E-state index contributed by atoms with van der Waals surface area (Å²) in [5.74, 6) is -0.196. The van der Waals surface area contributed by atoms with Gasteiger partial charge in [0.05, 0.1) is 6.04 Å². The number of hydrogen-bond donors (Lipinski definition) is 1. The number of rotatable bonds is 3. The Morgan fingerprint density at radius 3 is 2.67 bits per heavy atom. The molecule has 21 heavy (non-hydrogen) atoms. The third-order valence-corrected chi connectivity index (χ3v) is 4.64. The van der Waals surface area contributed by atoms with Crippen LogP contribution in [0.25, 0.3) is 0 Å². The maximum Gasteiger partial charge on any atom is 0.129 e. The number of benzene rings is 2. The highest BCUT2D eigenvalue weighted by molar-refractivity contribution is 9.10. The van der Waals surface area contributed by atoms with Crippen LogP contribution in [-0.2, 0) is 13.0 Å². The molecule has 0 amide bonds. The van der Waals surface area contributed by atoms with E-state index in [9.17, 15) is 4.39 Å². The van der Waals surface area contributed by atoms with Crippen molar-refractivity contribution in [3.05, 3.63) is 69.4 Å². The van der Waals surface area contributed by atoms with Crippen molar-refractivity contribution in [1.82, 2.24) is 4.90 Å². The molecule has 2 nitrogen and oxygen atoms in total. The normalized spacial score (nSPS) is 16.5. The molecule has 1 aliphatic rings. The maximum atomic E-state index is 14.2. The molecule has 0 spiro atoms. The third kappa shape index (κ3) is 3.03. The lowest BCUT2D eigenvalue weighted by Crippen LogP contribution is -2.38. The molecule has 0 bridgehead atoms. The Labute approximate surface area is 132 Å². The molecule has 1 unspecified atom stereocenters. The molecule has 1 atom stereocenters. The number of nitrogens with two attached hydrogens (primary N) is 1. The molecule has 2 aromatic rings. The van der Waals surface area contributed by atoms with Crippen molar-refractivity contribution >= 4 is 15.9 Å². The van der Waals surface area contributed by atoms with Gasteiger partial charge in [0.15, 0.2) is 0 Å². The summed E-state index contributed by atoms with van der Waals surface area (Å²) < 4.78 is 15.0. The highest BCUT2D eigenvalue weighted by atomic mass is 79.9. The first-order valence-corrected chi connectivity index (χ1v) is 7.94. The van der Waals surface area contributed by atoms with Crippen LogP contribution < -0.4 is 5.73 Å². The Morgan fingerprint density at radius 2 is 1.95 bits per heavy atom. The zero-order valence-electron chi connectivity index (χ0n) is 11.7. The number of nitrogens with zero attached hydrogens (tertiary/aromatic N) is 1. The number of halogens is 2. The van der Waals surface area contributed by atoms with Crippen LogP contribution in [0, 0.1) is 5.82 Å². The van der Waals surface area contributed by atoms with E-state index in [1.807, 2.05) is 12.1 Å². The van der Waals surface area contributed by atoms with Gasteiger partial charge < -0.3 is 5.73 Å². The van der Waals surface area contributed by atoms with Gasteiger partial charge in [0.25, 0.3) is 0 Å². The van der Waals surface area contributed by atoms with Gasteiger partial charge in [-0.05, 0) is 29.7 Å². The van der Waals surface area contributed by atoms with E-state index in [0.29, 0.717) is 12.1 Å². The average Bonchev–Trinajstić information content (AvgIpc) is 2.50. The topological polar surface area (TPSA) is 29.3 Å². The molecule has 0 aliphatic carbocycles. The van der Waals surface area contributed by atoms with Crippen molar-refractivity contribution in [3.8, 4) is 0 Å². The number of fused-ring (bicyclic) bond motifs is 1. The van der Waals surface area contributed by atoms with Crippen LogP contribution >= 0.6 is 15.9 Å². The molecule has 0 saturated heterocycles. The highest BCUT2D eigenvalue weighted by Gasteiger charge is 2.25. The zero-order valence-corrected chi connectivity index (χ0v) is 13.3. The Morgan fingerprint density at radius 1 is 1.19 bits per heavy atom. The minimum Gasteiger partial charge on any atom is -0.329 e. The molecule has 2 aromatic carbocycles. The van der Waals surface area contributed by atoms with Crippen molar-refractivity contribution < 1.29 is 4.39 Å². The van der Waals surface area contributed by atoms with E-state index in [1.165, 1.54) is 17.2 Å². The number of hydrogen-bond acceptors (Lipinski definition) is 2. The third-order valence-electron chi connectivity index (χ3n) is 4.15. The predicted molar refractivity (Wildman–Crippen MR) is 86.5 cm³/mol. The van der Waals surface area contributed by atoms with E-state index in [1.54, 1.807) is 0 Å². The van der Waals surface area contributed by atoms with Gasteiger partial charge in [-0.1, -0.05) is 46.3 Å². The molecule has 3 rings (SSSR count). The van der Waals surface area contributed by atoms with E-state index < -0.39 is 0 Å². The second kappa shape index (κ2) is 6.26. The molecular weight excluding hydrogens is 331 g/mol. The molecule has 0 radical (unpaired) electrons. The van der Waals surface area contributed by atoms with Gasteiger partial charge in [-0.2, -0.15) is 0 Å². The Hall–Kier alpha value is -1.23. The molecule has 1 heterocycles. The molecule has 0 saturated carbocycles. The van der Waals surface area contributed by atoms with Gasteiger partial charge in [0.1, 0.15) is 5.82 Å². The van der Waals surface area contributed by atoms with E-state index in [0.717, 1.165) is 24.0 Å². The first-order chi connectivity index (χ1) is 10.2. The Bertz CT molecular complexity index is 644. The minimum absolute atomic E-state index is 0.0774. The fourth-order valence-electron chi connectivity index (χ4n) is 3.03. The summed E-state index contributed by atoms with van der Waals surface area (Å²) >= 11 is 3.30.